The Balaban J connectivity index is 1.20. The van der Waals surface area contributed by atoms with E-state index in [9.17, 15) is 4.79 Å². The number of carbonyl (C=O) groups excluding carboxylic acids is 1. The number of halogens is 4. The number of cyclic esters (lactones) is 1. The van der Waals surface area contributed by atoms with E-state index in [0.29, 0.717) is 10.0 Å². The Morgan fingerprint density at radius 3 is 0.984 bits per heavy atom. The Bertz CT molecular complexity index is 2260. The minimum atomic E-state index is -1.34. The summed E-state index contributed by atoms with van der Waals surface area (Å²) in [5, 5.41) is 0. The van der Waals surface area contributed by atoms with Crippen LogP contribution in [-0.2, 0) is 10.3 Å². The van der Waals surface area contributed by atoms with Crippen LogP contribution in [0.3, 0.4) is 0 Å². The standard InChI is InChI=1S/C52H50Br4N4O2/c53-47-45-46(48(54)50(56)49(47)55)52(62-51(45)61,33-43(35-9-17-39(18-10-35)57-25-1-2-26-57)36-11-19-40(20-12-36)58-27-3-4-28-58)34-44(37-13-21-41(22-14-37)59-29-5-6-30-59)38-15-23-42(24-16-38)60-31-7-8-32-60/h9-24,33-34H,1-8,25-32H2. The predicted molar refractivity (Wildman–Crippen MR) is 270 cm³/mol. The fraction of sp³-hybridized carbons (Fsp3) is 0.327. The molecule has 0 atom stereocenters. The van der Waals surface area contributed by atoms with Gasteiger partial charge >= 0.3 is 5.97 Å². The van der Waals surface area contributed by atoms with E-state index in [2.05, 4.69) is 193 Å². The number of fused-ring (bicyclic) bond motifs is 1. The van der Waals surface area contributed by atoms with Crippen molar-refractivity contribution in [3.05, 3.63) is 160 Å². The summed E-state index contributed by atoms with van der Waals surface area (Å²) in [6, 6.07) is 35.9. The van der Waals surface area contributed by atoms with E-state index in [0.717, 1.165) is 105 Å². The number of hydrogen-bond acceptors (Lipinski definition) is 6. The topological polar surface area (TPSA) is 39.3 Å². The summed E-state index contributed by atoms with van der Waals surface area (Å²) in [5.74, 6) is -0.394. The van der Waals surface area contributed by atoms with E-state index < -0.39 is 11.6 Å². The van der Waals surface area contributed by atoms with E-state index in [1.807, 2.05) is 0 Å². The second-order valence-electron chi connectivity index (χ2n) is 17.3. The van der Waals surface area contributed by atoms with Gasteiger partial charge in [0.05, 0.1) is 5.56 Å². The van der Waals surface area contributed by atoms with Gasteiger partial charge in [-0.3, -0.25) is 0 Å². The third kappa shape index (κ3) is 8.11. The van der Waals surface area contributed by atoms with Gasteiger partial charge in [-0.15, -0.1) is 0 Å². The van der Waals surface area contributed by atoms with E-state index in [1.165, 1.54) is 74.1 Å². The van der Waals surface area contributed by atoms with Crippen molar-refractivity contribution in [2.45, 2.75) is 57.0 Å². The largest absolute Gasteiger partial charge is 0.442 e. The average Bonchev–Trinajstić information content (AvgIpc) is 4.17. The van der Waals surface area contributed by atoms with Gasteiger partial charge in [0.2, 0.25) is 0 Å². The number of esters is 1. The zero-order chi connectivity index (χ0) is 42.4. The van der Waals surface area contributed by atoms with Gasteiger partial charge < -0.3 is 24.3 Å². The number of ether oxygens (including phenoxy) is 1. The number of anilines is 4. The Hall–Kier alpha value is -3.83. The monoisotopic (exact) mass is 1080 g/mol. The number of hydrogen-bond donors (Lipinski definition) is 0. The zero-order valence-electron chi connectivity index (χ0n) is 34.8. The highest BCUT2D eigenvalue weighted by molar-refractivity contribution is 9.15. The highest BCUT2D eigenvalue weighted by Crippen LogP contribution is 2.54. The van der Waals surface area contributed by atoms with Crippen LogP contribution in [0.2, 0.25) is 0 Å². The van der Waals surface area contributed by atoms with Crippen molar-refractivity contribution in [2.24, 2.45) is 0 Å². The molecule has 5 aromatic carbocycles. The zero-order valence-corrected chi connectivity index (χ0v) is 41.2. The van der Waals surface area contributed by atoms with Crippen molar-refractivity contribution in [3.8, 4) is 0 Å². The Morgan fingerprint density at radius 2 is 0.694 bits per heavy atom. The summed E-state index contributed by atoms with van der Waals surface area (Å²) in [4.78, 5) is 24.5. The first kappa shape index (κ1) is 42.1. The summed E-state index contributed by atoms with van der Waals surface area (Å²) in [6.45, 7) is 8.63. The highest BCUT2D eigenvalue weighted by atomic mass is 79.9. The SMILES string of the molecule is O=C1OC(C=C(c2ccc(N3CCCC3)cc2)c2ccc(N3CCCC3)cc2)(C=C(c2ccc(N3CCCC3)cc2)c2ccc(N3CCCC3)cc2)c2c(Br)c(Br)c(Br)c(Br)c21. The minimum absolute atomic E-state index is 0.394. The fourth-order valence-corrected chi connectivity index (χ4v) is 12.7. The molecule has 0 N–H and O–H groups in total. The van der Waals surface area contributed by atoms with Crippen LogP contribution in [0.15, 0.2) is 127 Å². The Labute approximate surface area is 399 Å². The molecule has 62 heavy (non-hydrogen) atoms. The molecule has 10 rings (SSSR count). The molecule has 318 valence electrons. The predicted octanol–water partition coefficient (Wildman–Crippen LogP) is 13.8. The Morgan fingerprint density at radius 1 is 0.419 bits per heavy atom. The number of benzene rings is 5. The molecule has 10 heteroatoms. The molecule has 5 aliphatic rings. The van der Waals surface area contributed by atoms with Crippen LogP contribution in [0, 0.1) is 0 Å². The van der Waals surface area contributed by atoms with E-state index >= 15 is 0 Å². The van der Waals surface area contributed by atoms with Gasteiger partial charge in [-0.25, -0.2) is 4.79 Å². The fourth-order valence-electron chi connectivity index (χ4n) is 10.1. The molecule has 0 bridgehead atoms. The van der Waals surface area contributed by atoms with E-state index in [-0.39, 0.29) is 0 Å². The van der Waals surface area contributed by atoms with Crippen LogP contribution in [0.4, 0.5) is 22.7 Å². The molecule has 0 amide bonds. The maximum absolute atomic E-state index is 14.6. The smallest absolute Gasteiger partial charge is 0.341 e. The second kappa shape index (κ2) is 18.0. The van der Waals surface area contributed by atoms with Crippen molar-refractivity contribution >= 4 is 104 Å². The normalized spacial score (nSPS) is 18.1. The summed E-state index contributed by atoms with van der Waals surface area (Å²) >= 11 is 15.5. The van der Waals surface area contributed by atoms with Crippen LogP contribution in [-0.4, -0.2) is 58.3 Å². The molecule has 0 radical (unpaired) electrons. The average molecular weight is 1080 g/mol. The molecule has 5 aliphatic heterocycles. The first-order chi connectivity index (χ1) is 30.3. The van der Waals surface area contributed by atoms with Crippen LogP contribution in [0.1, 0.15) is 89.5 Å². The molecule has 0 unspecified atom stereocenters. The van der Waals surface area contributed by atoms with Crippen molar-refractivity contribution in [2.75, 3.05) is 72.0 Å². The van der Waals surface area contributed by atoms with Gasteiger partial charge in [0.25, 0.3) is 0 Å². The molecule has 0 aromatic heterocycles. The molecule has 0 spiro atoms. The molecular formula is C52H50Br4N4O2. The van der Waals surface area contributed by atoms with Crippen LogP contribution in [0.25, 0.3) is 11.1 Å². The van der Waals surface area contributed by atoms with Gasteiger partial charge in [-0.2, -0.15) is 0 Å². The van der Waals surface area contributed by atoms with Crippen LogP contribution >= 0.6 is 63.7 Å². The van der Waals surface area contributed by atoms with Crippen LogP contribution < -0.4 is 19.6 Å². The van der Waals surface area contributed by atoms with E-state index in [1.54, 1.807) is 0 Å². The first-order valence-corrected chi connectivity index (χ1v) is 25.4. The molecule has 4 fully saturated rings. The lowest BCUT2D eigenvalue weighted by Gasteiger charge is -2.28. The van der Waals surface area contributed by atoms with Gasteiger partial charge in [-0.1, -0.05) is 48.5 Å². The van der Waals surface area contributed by atoms with Gasteiger partial charge in [0.15, 0.2) is 5.60 Å². The summed E-state index contributed by atoms with van der Waals surface area (Å²) in [7, 11) is 0. The summed E-state index contributed by atoms with van der Waals surface area (Å²) < 4.78 is 9.87. The lowest BCUT2D eigenvalue weighted by molar-refractivity contribution is 0.0298. The number of rotatable bonds is 10. The van der Waals surface area contributed by atoms with Gasteiger partial charge in [-0.05, 0) is 209 Å². The van der Waals surface area contributed by atoms with Gasteiger partial charge in [0.1, 0.15) is 0 Å². The maximum atomic E-state index is 14.6. The third-order valence-electron chi connectivity index (χ3n) is 13.4. The van der Waals surface area contributed by atoms with Gasteiger partial charge in [0, 0.05) is 98.6 Å². The van der Waals surface area contributed by atoms with Crippen LogP contribution in [0.5, 0.6) is 0 Å². The molecule has 0 aliphatic carbocycles. The quantitative estimate of drug-likeness (QED) is 0.0788. The minimum Gasteiger partial charge on any atom is -0.442 e. The summed E-state index contributed by atoms with van der Waals surface area (Å²) in [6.07, 6.45) is 14.1. The van der Waals surface area contributed by atoms with E-state index in [4.69, 9.17) is 4.74 Å². The van der Waals surface area contributed by atoms with Crippen molar-refractivity contribution < 1.29 is 9.53 Å². The molecule has 0 saturated carbocycles. The third-order valence-corrected chi connectivity index (χ3v) is 18.2. The maximum Gasteiger partial charge on any atom is 0.341 e. The van der Waals surface area contributed by atoms with Crippen molar-refractivity contribution in [3.63, 3.8) is 0 Å². The second-order valence-corrected chi connectivity index (χ2v) is 20.4. The molecule has 5 heterocycles. The number of nitrogens with zero attached hydrogens (tertiary/aromatic N) is 4. The molecular weight excluding hydrogens is 1030 g/mol. The lowest BCUT2D eigenvalue weighted by Crippen LogP contribution is -2.23. The molecule has 6 nitrogen and oxygen atoms in total. The lowest BCUT2D eigenvalue weighted by atomic mass is 9.83. The molecule has 5 aromatic rings. The first-order valence-electron chi connectivity index (χ1n) is 22.2. The molecule has 4 saturated heterocycles. The Kier molecular flexibility index (Phi) is 12.2. The van der Waals surface area contributed by atoms with Crippen molar-refractivity contribution in [1.82, 2.24) is 0 Å². The summed E-state index contributed by atoms with van der Waals surface area (Å²) in [5.41, 5.74) is 11.0. The number of carbonyl (C=O) groups is 1. The van der Waals surface area contributed by atoms with Crippen molar-refractivity contribution in [1.29, 1.82) is 0 Å². The highest BCUT2D eigenvalue weighted by Gasteiger charge is 2.48.